The minimum atomic E-state index is -3.76. The number of para-hydroxylation sites is 1. The van der Waals surface area contributed by atoms with Crippen molar-refractivity contribution in [3.63, 3.8) is 0 Å². The van der Waals surface area contributed by atoms with Gasteiger partial charge in [0, 0.05) is 19.6 Å². The molecule has 2 aromatic carbocycles. The molecule has 2 aromatic rings. The summed E-state index contributed by atoms with van der Waals surface area (Å²) < 4.78 is 32.9. The van der Waals surface area contributed by atoms with E-state index in [1.807, 2.05) is 6.07 Å². The topological polar surface area (TPSA) is 70.1 Å². The number of β-amino-alcohol motifs (C(OH)–C–C–N with tert-alkyl or cyclic N) is 1. The third-order valence-electron chi connectivity index (χ3n) is 4.32. The van der Waals surface area contributed by atoms with Gasteiger partial charge in [-0.1, -0.05) is 36.4 Å². The van der Waals surface area contributed by atoms with Gasteiger partial charge in [-0.2, -0.15) is 0 Å². The summed E-state index contributed by atoms with van der Waals surface area (Å²) in [6, 6.07) is 17.2. The molecule has 0 bridgehead atoms. The second kappa shape index (κ2) is 10.1. The molecule has 148 valence electrons. The number of hydrogen-bond acceptors (Lipinski definition) is 5. The number of nitrogens with zero attached hydrogens (tertiary/aromatic N) is 2. The van der Waals surface area contributed by atoms with Gasteiger partial charge < -0.3 is 9.84 Å². The molecule has 0 radical (unpaired) electrons. The highest BCUT2D eigenvalue weighted by Crippen LogP contribution is 2.23. The first-order valence-corrected chi connectivity index (χ1v) is 10.1. The third-order valence-corrected chi connectivity index (χ3v) is 6.13. The first-order chi connectivity index (χ1) is 12.6. The Hall–Kier alpha value is -1.64. The van der Waals surface area contributed by atoms with Crippen LogP contribution in [0.25, 0.3) is 0 Å². The Morgan fingerprint density at radius 2 is 1.56 bits per heavy atom. The summed E-state index contributed by atoms with van der Waals surface area (Å²) >= 11 is 0. The number of morpholine rings is 1. The maximum absolute atomic E-state index is 13.1. The largest absolute Gasteiger partial charge is 0.390 e. The molecule has 3 rings (SSSR count). The predicted molar refractivity (Wildman–Crippen MR) is 108 cm³/mol. The zero-order valence-corrected chi connectivity index (χ0v) is 16.6. The average Bonchev–Trinajstić information content (AvgIpc) is 2.68. The van der Waals surface area contributed by atoms with Gasteiger partial charge in [-0.25, -0.2) is 8.42 Å². The van der Waals surface area contributed by atoms with Gasteiger partial charge in [0.15, 0.2) is 0 Å². The fourth-order valence-electron chi connectivity index (χ4n) is 2.99. The lowest BCUT2D eigenvalue weighted by Gasteiger charge is -2.31. The van der Waals surface area contributed by atoms with Crippen molar-refractivity contribution in [1.29, 1.82) is 0 Å². The Morgan fingerprint density at radius 1 is 1.00 bits per heavy atom. The maximum atomic E-state index is 13.1. The molecule has 1 saturated heterocycles. The lowest BCUT2D eigenvalue weighted by atomic mass is 10.2. The Kier molecular flexibility index (Phi) is 8.07. The molecular formula is C19H25ClN2O4S. The molecule has 1 N–H and O–H groups in total. The monoisotopic (exact) mass is 412 g/mol. The summed E-state index contributed by atoms with van der Waals surface area (Å²) in [7, 11) is -3.76. The summed E-state index contributed by atoms with van der Waals surface area (Å²) in [4.78, 5) is 2.30. The smallest absolute Gasteiger partial charge is 0.264 e. The van der Waals surface area contributed by atoms with Crippen LogP contribution in [0.4, 0.5) is 5.69 Å². The van der Waals surface area contributed by atoms with Gasteiger partial charge in [0.2, 0.25) is 0 Å². The number of aliphatic hydroxyl groups excluding tert-OH is 1. The second-order valence-corrected chi connectivity index (χ2v) is 8.11. The van der Waals surface area contributed by atoms with Crippen molar-refractivity contribution >= 4 is 28.1 Å². The summed E-state index contributed by atoms with van der Waals surface area (Å²) in [6.07, 6.45) is -0.799. The summed E-state index contributed by atoms with van der Waals surface area (Å²) in [5.74, 6) is 0. The highest BCUT2D eigenvalue weighted by atomic mass is 35.5. The Bertz CT molecular complexity index is 784. The first-order valence-electron chi connectivity index (χ1n) is 8.68. The van der Waals surface area contributed by atoms with E-state index in [0.717, 1.165) is 13.1 Å². The molecule has 0 spiro atoms. The van der Waals surface area contributed by atoms with Crippen LogP contribution in [-0.2, 0) is 14.8 Å². The van der Waals surface area contributed by atoms with Crippen LogP contribution < -0.4 is 4.31 Å². The molecule has 1 fully saturated rings. The number of aliphatic hydroxyl groups is 1. The van der Waals surface area contributed by atoms with Gasteiger partial charge in [0.1, 0.15) is 0 Å². The summed E-state index contributed by atoms with van der Waals surface area (Å²) in [6.45, 7) is 3.17. The standard InChI is InChI=1S/C19H24N2O4S.ClH/c22-18(15-20-11-13-25-14-12-20)16-21(17-7-3-1-4-8-17)26(23,24)19-9-5-2-6-10-19;/h1-10,18,22H,11-16H2;1H. The van der Waals surface area contributed by atoms with Crippen molar-refractivity contribution in [1.82, 2.24) is 4.90 Å². The molecule has 27 heavy (non-hydrogen) atoms. The van der Waals surface area contributed by atoms with Gasteiger partial charge in [0.25, 0.3) is 10.0 Å². The van der Waals surface area contributed by atoms with Crippen LogP contribution in [0.5, 0.6) is 0 Å². The molecule has 1 aliphatic rings. The number of anilines is 1. The van der Waals surface area contributed by atoms with E-state index in [9.17, 15) is 13.5 Å². The van der Waals surface area contributed by atoms with Gasteiger partial charge in [-0.05, 0) is 24.3 Å². The van der Waals surface area contributed by atoms with Crippen molar-refractivity contribution in [2.45, 2.75) is 11.0 Å². The molecular weight excluding hydrogens is 388 g/mol. The van der Waals surface area contributed by atoms with Gasteiger partial charge in [-0.3, -0.25) is 9.21 Å². The third kappa shape index (κ3) is 5.67. The highest BCUT2D eigenvalue weighted by molar-refractivity contribution is 7.92. The van der Waals surface area contributed by atoms with E-state index in [1.54, 1.807) is 54.6 Å². The molecule has 0 aliphatic carbocycles. The zero-order valence-electron chi connectivity index (χ0n) is 15.0. The Balaban J connectivity index is 0.00000261. The number of halogens is 1. The quantitative estimate of drug-likeness (QED) is 0.753. The number of hydrogen-bond donors (Lipinski definition) is 1. The zero-order chi connectivity index (χ0) is 18.4. The number of rotatable bonds is 7. The Labute approximate surface area is 166 Å². The molecule has 0 amide bonds. The maximum Gasteiger partial charge on any atom is 0.264 e. The van der Waals surface area contributed by atoms with Crippen molar-refractivity contribution in [3.05, 3.63) is 60.7 Å². The van der Waals surface area contributed by atoms with Gasteiger partial charge in [-0.15, -0.1) is 12.4 Å². The van der Waals surface area contributed by atoms with Crippen molar-refractivity contribution in [2.75, 3.05) is 43.7 Å². The highest BCUT2D eigenvalue weighted by Gasteiger charge is 2.27. The molecule has 1 unspecified atom stereocenters. The number of sulfonamides is 1. The summed E-state index contributed by atoms with van der Waals surface area (Å²) in [5.41, 5.74) is 0.539. The fourth-order valence-corrected chi connectivity index (χ4v) is 4.51. The normalized spacial score (nSPS) is 16.3. The average molecular weight is 413 g/mol. The van der Waals surface area contributed by atoms with Crippen LogP contribution in [0.2, 0.25) is 0 Å². The lowest BCUT2D eigenvalue weighted by molar-refractivity contribution is 0.0166. The minimum absolute atomic E-state index is 0. The Morgan fingerprint density at radius 3 is 2.15 bits per heavy atom. The van der Waals surface area contributed by atoms with Gasteiger partial charge in [0.05, 0.1) is 36.4 Å². The molecule has 1 aliphatic heterocycles. The lowest BCUT2D eigenvalue weighted by Crippen LogP contribution is -2.46. The van der Waals surface area contributed by atoms with E-state index in [0.29, 0.717) is 25.4 Å². The predicted octanol–water partition coefficient (Wildman–Crippen LogP) is 2.00. The molecule has 8 heteroatoms. The van der Waals surface area contributed by atoms with Crippen LogP contribution >= 0.6 is 12.4 Å². The van der Waals surface area contributed by atoms with Crippen LogP contribution in [0.1, 0.15) is 0 Å². The molecule has 1 atom stereocenters. The van der Waals surface area contributed by atoms with E-state index in [-0.39, 0.29) is 23.8 Å². The van der Waals surface area contributed by atoms with Crippen molar-refractivity contribution < 1.29 is 18.3 Å². The summed E-state index contributed by atoms with van der Waals surface area (Å²) in [5, 5.41) is 10.6. The molecule has 0 aromatic heterocycles. The van der Waals surface area contributed by atoms with E-state index in [4.69, 9.17) is 4.74 Å². The second-order valence-electron chi connectivity index (χ2n) is 6.25. The van der Waals surface area contributed by atoms with Crippen molar-refractivity contribution in [2.24, 2.45) is 0 Å². The molecule has 0 saturated carbocycles. The van der Waals surface area contributed by atoms with Crippen LogP contribution in [0.15, 0.2) is 65.6 Å². The fraction of sp³-hybridized carbons (Fsp3) is 0.368. The number of benzene rings is 2. The van der Waals surface area contributed by atoms with Crippen LogP contribution in [-0.4, -0.2) is 63.9 Å². The van der Waals surface area contributed by atoms with E-state index < -0.39 is 16.1 Å². The number of ether oxygens (including phenoxy) is 1. The van der Waals surface area contributed by atoms with Crippen molar-refractivity contribution in [3.8, 4) is 0 Å². The van der Waals surface area contributed by atoms with E-state index >= 15 is 0 Å². The van der Waals surface area contributed by atoms with E-state index in [1.165, 1.54) is 4.31 Å². The van der Waals surface area contributed by atoms with E-state index in [2.05, 4.69) is 4.90 Å². The molecule has 6 nitrogen and oxygen atoms in total. The van der Waals surface area contributed by atoms with Gasteiger partial charge >= 0.3 is 0 Å². The SMILES string of the molecule is Cl.O=S(=O)(c1ccccc1)N(CC(O)CN1CCOCC1)c1ccccc1. The van der Waals surface area contributed by atoms with Crippen LogP contribution in [0.3, 0.4) is 0 Å². The molecule has 1 heterocycles. The first kappa shape index (κ1) is 21.7. The van der Waals surface area contributed by atoms with Crippen LogP contribution in [0, 0.1) is 0 Å². The minimum Gasteiger partial charge on any atom is -0.390 e.